The van der Waals surface area contributed by atoms with Crippen molar-refractivity contribution in [1.82, 2.24) is 9.80 Å². The van der Waals surface area contributed by atoms with Crippen LogP contribution in [0.3, 0.4) is 0 Å². The summed E-state index contributed by atoms with van der Waals surface area (Å²) in [4.78, 5) is 28.7. The first-order chi connectivity index (χ1) is 12.9. The lowest BCUT2D eigenvalue weighted by molar-refractivity contribution is -0.136. The maximum Gasteiger partial charge on any atom is 0.224 e. The molecule has 2 aromatic carbocycles. The van der Waals surface area contributed by atoms with Crippen molar-refractivity contribution in [1.29, 1.82) is 0 Å². The standard InChI is InChI=1S/C23H30N2O2/c1-18(2)25(17-21-11-7-5-8-12-21)23(27)15-16-24(20(4)26)19(3)22-13-9-6-10-14-22/h5-14,18-19H,15-17H2,1-4H3. The first-order valence-electron chi connectivity index (χ1n) is 9.55. The van der Waals surface area contributed by atoms with Crippen LogP contribution in [0.4, 0.5) is 0 Å². The monoisotopic (exact) mass is 366 g/mol. The van der Waals surface area contributed by atoms with E-state index in [0.717, 1.165) is 11.1 Å². The maximum absolute atomic E-state index is 12.9. The minimum Gasteiger partial charge on any atom is -0.336 e. The Balaban J connectivity index is 2.04. The molecule has 0 N–H and O–H groups in total. The minimum absolute atomic E-state index is 0.0155. The molecule has 0 aromatic heterocycles. The predicted molar refractivity (Wildman–Crippen MR) is 109 cm³/mol. The van der Waals surface area contributed by atoms with E-state index < -0.39 is 0 Å². The van der Waals surface area contributed by atoms with E-state index in [4.69, 9.17) is 0 Å². The number of hydrogen-bond acceptors (Lipinski definition) is 2. The van der Waals surface area contributed by atoms with Crippen LogP contribution in [0.15, 0.2) is 60.7 Å². The van der Waals surface area contributed by atoms with Gasteiger partial charge in [0.15, 0.2) is 0 Å². The van der Waals surface area contributed by atoms with Gasteiger partial charge in [0, 0.05) is 32.5 Å². The van der Waals surface area contributed by atoms with Gasteiger partial charge in [-0.2, -0.15) is 0 Å². The van der Waals surface area contributed by atoms with Gasteiger partial charge in [0.2, 0.25) is 11.8 Å². The molecule has 2 amide bonds. The molecule has 0 heterocycles. The van der Waals surface area contributed by atoms with Crippen LogP contribution < -0.4 is 0 Å². The van der Waals surface area contributed by atoms with E-state index in [0.29, 0.717) is 19.5 Å². The Bertz CT molecular complexity index is 729. The fourth-order valence-corrected chi connectivity index (χ4v) is 3.23. The molecule has 4 heteroatoms. The quantitative estimate of drug-likeness (QED) is 0.694. The summed E-state index contributed by atoms with van der Waals surface area (Å²) in [6.07, 6.45) is 0.321. The second kappa shape index (κ2) is 9.91. The Morgan fingerprint density at radius 2 is 1.41 bits per heavy atom. The highest BCUT2D eigenvalue weighted by Crippen LogP contribution is 2.21. The molecule has 0 aliphatic carbocycles. The van der Waals surface area contributed by atoms with Crippen LogP contribution in [0.1, 0.15) is 51.3 Å². The van der Waals surface area contributed by atoms with Gasteiger partial charge in [0.25, 0.3) is 0 Å². The molecule has 2 aromatic rings. The van der Waals surface area contributed by atoms with E-state index in [9.17, 15) is 9.59 Å². The highest BCUT2D eigenvalue weighted by atomic mass is 16.2. The van der Waals surface area contributed by atoms with E-state index in [1.807, 2.05) is 86.3 Å². The molecule has 144 valence electrons. The fraction of sp³-hybridized carbons (Fsp3) is 0.391. The number of nitrogens with zero attached hydrogens (tertiary/aromatic N) is 2. The van der Waals surface area contributed by atoms with Crippen LogP contribution in [-0.2, 0) is 16.1 Å². The summed E-state index contributed by atoms with van der Waals surface area (Å²) in [5, 5.41) is 0. The molecule has 4 nitrogen and oxygen atoms in total. The van der Waals surface area contributed by atoms with Crippen LogP contribution in [0.5, 0.6) is 0 Å². The van der Waals surface area contributed by atoms with Crippen LogP contribution in [0.2, 0.25) is 0 Å². The molecule has 27 heavy (non-hydrogen) atoms. The highest BCUT2D eigenvalue weighted by Gasteiger charge is 2.22. The molecule has 0 saturated carbocycles. The lowest BCUT2D eigenvalue weighted by Crippen LogP contribution is -2.40. The topological polar surface area (TPSA) is 40.6 Å². The lowest BCUT2D eigenvalue weighted by Gasteiger charge is -2.31. The number of hydrogen-bond donors (Lipinski definition) is 0. The van der Waals surface area contributed by atoms with E-state index >= 15 is 0 Å². The Labute approximate surface area is 162 Å². The van der Waals surface area contributed by atoms with Crippen molar-refractivity contribution in [2.24, 2.45) is 0 Å². The van der Waals surface area contributed by atoms with Gasteiger partial charge in [-0.15, -0.1) is 0 Å². The number of carbonyl (C=O) groups excluding carboxylic acids is 2. The van der Waals surface area contributed by atoms with Gasteiger partial charge in [0.1, 0.15) is 0 Å². The number of amides is 2. The van der Waals surface area contributed by atoms with Crippen molar-refractivity contribution >= 4 is 11.8 Å². The highest BCUT2D eigenvalue weighted by molar-refractivity contribution is 5.78. The molecule has 0 aliphatic heterocycles. The zero-order valence-electron chi connectivity index (χ0n) is 16.8. The number of rotatable bonds is 8. The summed E-state index contributed by atoms with van der Waals surface area (Å²) >= 11 is 0. The summed E-state index contributed by atoms with van der Waals surface area (Å²) in [7, 11) is 0. The second-order valence-electron chi connectivity index (χ2n) is 7.15. The molecule has 2 rings (SSSR count). The molecule has 0 bridgehead atoms. The van der Waals surface area contributed by atoms with Crippen LogP contribution in [0, 0.1) is 0 Å². The summed E-state index contributed by atoms with van der Waals surface area (Å²) in [6, 6.07) is 20.0. The van der Waals surface area contributed by atoms with Gasteiger partial charge in [0.05, 0.1) is 6.04 Å². The Morgan fingerprint density at radius 1 is 0.852 bits per heavy atom. The van der Waals surface area contributed by atoms with E-state index in [1.54, 1.807) is 11.8 Å². The van der Waals surface area contributed by atoms with E-state index in [-0.39, 0.29) is 23.9 Å². The van der Waals surface area contributed by atoms with Gasteiger partial charge in [-0.1, -0.05) is 60.7 Å². The summed E-state index contributed by atoms with van der Waals surface area (Å²) in [5.74, 6) is 0.0543. The fourth-order valence-electron chi connectivity index (χ4n) is 3.23. The maximum atomic E-state index is 12.9. The largest absolute Gasteiger partial charge is 0.336 e. The van der Waals surface area contributed by atoms with Gasteiger partial charge in [-0.25, -0.2) is 0 Å². The van der Waals surface area contributed by atoms with Crippen LogP contribution in [0.25, 0.3) is 0 Å². The predicted octanol–water partition coefficient (Wildman–Crippen LogP) is 4.42. The molecule has 0 saturated heterocycles. The molecule has 0 fully saturated rings. The van der Waals surface area contributed by atoms with Crippen molar-refractivity contribution in [3.63, 3.8) is 0 Å². The van der Waals surface area contributed by atoms with Crippen molar-refractivity contribution in [2.75, 3.05) is 6.54 Å². The third-order valence-electron chi connectivity index (χ3n) is 4.86. The average Bonchev–Trinajstić information content (AvgIpc) is 2.67. The first-order valence-corrected chi connectivity index (χ1v) is 9.55. The normalized spacial score (nSPS) is 11.9. The van der Waals surface area contributed by atoms with Crippen LogP contribution >= 0.6 is 0 Å². The molecule has 1 atom stereocenters. The molecule has 1 unspecified atom stereocenters. The van der Waals surface area contributed by atoms with Crippen molar-refractivity contribution in [3.05, 3.63) is 71.8 Å². The van der Waals surface area contributed by atoms with Crippen molar-refractivity contribution < 1.29 is 9.59 Å². The minimum atomic E-state index is -0.0573. The molecule has 0 radical (unpaired) electrons. The molecule has 0 aliphatic rings. The van der Waals surface area contributed by atoms with Gasteiger partial charge >= 0.3 is 0 Å². The Kier molecular flexibility index (Phi) is 7.59. The average molecular weight is 367 g/mol. The molecular weight excluding hydrogens is 336 g/mol. The SMILES string of the molecule is CC(=O)N(CCC(=O)N(Cc1ccccc1)C(C)C)C(C)c1ccccc1. The van der Waals surface area contributed by atoms with E-state index in [1.165, 1.54) is 0 Å². The van der Waals surface area contributed by atoms with E-state index in [2.05, 4.69) is 0 Å². The summed E-state index contributed by atoms with van der Waals surface area (Å²) in [5.41, 5.74) is 2.19. The lowest BCUT2D eigenvalue weighted by atomic mass is 10.1. The zero-order chi connectivity index (χ0) is 19.8. The van der Waals surface area contributed by atoms with Gasteiger partial charge in [-0.05, 0) is 31.9 Å². The van der Waals surface area contributed by atoms with Gasteiger partial charge in [-0.3, -0.25) is 9.59 Å². The molecule has 0 spiro atoms. The zero-order valence-corrected chi connectivity index (χ0v) is 16.8. The Morgan fingerprint density at radius 3 is 1.93 bits per heavy atom. The Hall–Kier alpha value is -2.62. The van der Waals surface area contributed by atoms with Crippen molar-refractivity contribution in [3.8, 4) is 0 Å². The van der Waals surface area contributed by atoms with Crippen molar-refractivity contribution in [2.45, 2.75) is 52.7 Å². The van der Waals surface area contributed by atoms with Gasteiger partial charge < -0.3 is 9.80 Å². The summed E-state index contributed by atoms with van der Waals surface area (Å²) < 4.78 is 0. The third kappa shape index (κ3) is 5.95. The summed E-state index contributed by atoms with van der Waals surface area (Å²) in [6.45, 7) is 8.62. The second-order valence-corrected chi connectivity index (χ2v) is 7.15. The first kappa shape index (κ1) is 20.7. The smallest absolute Gasteiger partial charge is 0.224 e. The third-order valence-corrected chi connectivity index (χ3v) is 4.86. The van der Waals surface area contributed by atoms with Crippen LogP contribution in [-0.4, -0.2) is 34.2 Å². The molecular formula is C23H30N2O2. The number of carbonyl (C=O) groups is 2. The number of benzene rings is 2.